The average Bonchev–Trinajstić information content (AvgIpc) is 2.22. The van der Waals surface area contributed by atoms with E-state index in [0.29, 0.717) is 0 Å². The Morgan fingerprint density at radius 3 is 2.71 bits per heavy atom. The molecule has 17 heavy (non-hydrogen) atoms. The van der Waals surface area contributed by atoms with Gasteiger partial charge in [-0.05, 0) is 19.1 Å². The van der Waals surface area contributed by atoms with Crippen LogP contribution in [-0.2, 0) is 4.74 Å². The van der Waals surface area contributed by atoms with Crippen molar-refractivity contribution in [2.75, 3.05) is 11.9 Å². The van der Waals surface area contributed by atoms with Gasteiger partial charge in [-0.1, -0.05) is 0 Å². The molecule has 0 spiro atoms. The minimum Gasteiger partial charge on any atom is -0.450 e. The molecule has 94 valence electrons. The van der Waals surface area contributed by atoms with Crippen LogP contribution in [0, 0.1) is 5.82 Å². The van der Waals surface area contributed by atoms with Crippen molar-refractivity contribution in [3.63, 3.8) is 0 Å². The van der Waals surface area contributed by atoms with Crippen LogP contribution in [-0.4, -0.2) is 19.3 Å². The number of rotatable bonds is 4. The second kappa shape index (κ2) is 5.97. The van der Waals surface area contributed by atoms with Crippen molar-refractivity contribution in [2.24, 2.45) is 0 Å². The maximum atomic E-state index is 13.2. The van der Waals surface area contributed by atoms with Crippen molar-refractivity contribution in [2.45, 2.75) is 13.5 Å². The van der Waals surface area contributed by atoms with Gasteiger partial charge < -0.3 is 9.47 Å². The molecule has 1 aromatic rings. The molecule has 0 aliphatic heterocycles. The van der Waals surface area contributed by atoms with Crippen LogP contribution in [0.3, 0.4) is 0 Å². The van der Waals surface area contributed by atoms with E-state index in [1.165, 1.54) is 6.07 Å². The standard InChI is InChI=1S/C10H10F3NO3/c1-2-16-10(15)14-6-3-4-8(7(11)5-6)17-9(12)13/h3-5,9H,2H2,1H3,(H,14,15). The summed E-state index contributed by atoms with van der Waals surface area (Å²) >= 11 is 0. The third kappa shape index (κ3) is 4.21. The maximum absolute atomic E-state index is 13.2. The highest BCUT2D eigenvalue weighted by molar-refractivity contribution is 5.84. The Kier molecular flexibility index (Phi) is 4.62. The number of halogens is 3. The van der Waals surface area contributed by atoms with Crippen LogP contribution >= 0.6 is 0 Å². The molecule has 1 aromatic carbocycles. The first-order chi connectivity index (χ1) is 8.02. The number of nitrogens with one attached hydrogen (secondary N) is 1. The fourth-order valence-corrected chi connectivity index (χ4v) is 1.06. The van der Waals surface area contributed by atoms with E-state index in [-0.39, 0.29) is 12.3 Å². The number of carbonyl (C=O) groups is 1. The molecular weight excluding hydrogens is 239 g/mol. The van der Waals surface area contributed by atoms with Gasteiger partial charge in [0.1, 0.15) is 0 Å². The molecule has 0 radical (unpaired) electrons. The highest BCUT2D eigenvalue weighted by atomic mass is 19.3. The monoisotopic (exact) mass is 249 g/mol. The Hall–Kier alpha value is -1.92. The van der Waals surface area contributed by atoms with Crippen LogP contribution in [0.15, 0.2) is 18.2 Å². The van der Waals surface area contributed by atoms with Gasteiger partial charge >= 0.3 is 12.7 Å². The lowest BCUT2D eigenvalue weighted by Crippen LogP contribution is -2.13. The van der Waals surface area contributed by atoms with Gasteiger partial charge in [-0.25, -0.2) is 9.18 Å². The van der Waals surface area contributed by atoms with Gasteiger partial charge in [0, 0.05) is 11.8 Å². The minimum absolute atomic E-state index is 0.0857. The number of hydrogen-bond donors (Lipinski definition) is 1. The van der Waals surface area contributed by atoms with Crippen LogP contribution in [0.4, 0.5) is 23.7 Å². The van der Waals surface area contributed by atoms with Crippen LogP contribution in [0.1, 0.15) is 6.92 Å². The summed E-state index contributed by atoms with van der Waals surface area (Å²) in [5, 5.41) is 2.22. The first-order valence-corrected chi connectivity index (χ1v) is 4.71. The Morgan fingerprint density at radius 2 is 2.18 bits per heavy atom. The quantitative estimate of drug-likeness (QED) is 0.892. The van der Waals surface area contributed by atoms with Crippen molar-refractivity contribution in [3.05, 3.63) is 24.0 Å². The molecule has 1 N–H and O–H groups in total. The Bertz CT molecular complexity index is 398. The smallest absolute Gasteiger partial charge is 0.411 e. The van der Waals surface area contributed by atoms with Gasteiger partial charge in [-0.2, -0.15) is 8.78 Å². The van der Waals surface area contributed by atoms with Crippen molar-refractivity contribution in [3.8, 4) is 5.75 Å². The van der Waals surface area contributed by atoms with Gasteiger partial charge in [0.25, 0.3) is 0 Å². The number of anilines is 1. The van der Waals surface area contributed by atoms with E-state index < -0.39 is 24.3 Å². The van der Waals surface area contributed by atoms with E-state index in [4.69, 9.17) is 0 Å². The molecule has 0 unspecified atom stereocenters. The van der Waals surface area contributed by atoms with Gasteiger partial charge in [-0.3, -0.25) is 5.32 Å². The zero-order chi connectivity index (χ0) is 12.8. The third-order valence-electron chi connectivity index (χ3n) is 1.67. The molecular formula is C10H10F3NO3. The largest absolute Gasteiger partial charge is 0.450 e. The number of amides is 1. The molecule has 1 rings (SSSR count). The molecule has 0 fully saturated rings. The summed E-state index contributed by atoms with van der Waals surface area (Å²) in [5.41, 5.74) is 0.0857. The predicted octanol–water partition coefficient (Wildman–Crippen LogP) is 3.00. The molecule has 0 saturated carbocycles. The second-order valence-corrected chi connectivity index (χ2v) is 2.87. The van der Waals surface area contributed by atoms with E-state index in [1.807, 2.05) is 0 Å². The fraction of sp³-hybridized carbons (Fsp3) is 0.300. The van der Waals surface area contributed by atoms with Crippen molar-refractivity contribution >= 4 is 11.8 Å². The van der Waals surface area contributed by atoms with Crippen molar-refractivity contribution in [1.29, 1.82) is 0 Å². The number of carbonyl (C=O) groups excluding carboxylic acids is 1. The number of hydrogen-bond acceptors (Lipinski definition) is 3. The van der Waals surface area contributed by atoms with Crippen LogP contribution in [0.2, 0.25) is 0 Å². The highest BCUT2D eigenvalue weighted by Gasteiger charge is 2.11. The zero-order valence-corrected chi connectivity index (χ0v) is 8.88. The van der Waals surface area contributed by atoms with E-state index in [2.05, 4.69) is 14.8 Å². The first kappa shape index (κ1) is 13.1. The molecule has 0 heterocycles. The van der Waals surface area contributed by atoms with E-state index in [1.54, 1.807) is 6.92 Å². The Balaban J connectivity index is 2.71. The van der Waals surface area contributed by atoms with Gasteiger partial charge in [0.15, 0.2) is 11.6 Å². The molecule has 1 amide bonds. The average molecular weight is 249 g/mol. The summed E-state index contributed by atoms with van der Waals surface area (Å²) in [5.74, 6) is -1.59. The molecule has 0 atom stereocenters. The minimum atomic E-state index is -3.10. The zero-order valence-electron chi connectivity index (χ0n) is 8.88. The first-order valence-electron chi connectivity index (χ1n) is 4.71. The normalized spacial score (nSPS) is 10.2. The predicted molar refractivity (Wildman–Crippen MR) is 53.7 cm³/mol. The topological polar surface area (TPSA) is 47.6 Å². The Labute approximate surface area is 95.3 Å². The van der Waals surface area contributed by atoms with Gasteiger partial charge in [0.2, 0.25) is 0 Å². The lowest BCUT2D eigenvalue weighted by molar-refractivity contribution is -0.0521. The van der Waals surface area contributed by atoms with Crippen LogP contribution < -0.4 is 10.1 Å². The number of benzene rings is 1. The molecule has 4 nitrogen and oxygen atoms in total. The summed E-state index contributed by atoms with van der Waals surface area (Å²) in [6, 6.07) is 3.06. The SMILES string of the molecule is CCOC(=O)Nc1ccc(OC(F)F)c(F)c1. The van der Waals surface area contributed by atoms with Crippen molar-refractivity contribution in [1.82, 2.24) is 0 Å². The molecule has 0 bridgehead atoms. The number of alkyl halides is 2. The molecule has 0 aliphatic rings. The summed E-state index contributed by atoms with van der Waals surface area (Å²) in [7, 11) is 0. The van der Waals surface area contributed by atoms with Crippen LogP contribution in [0.5, 0.6) is 5.75 Å². The summed E-state index contributed by atoms with van der Waals surface area (Å²) in [6.07, 6.45) is -0.755. The third-order valence-corrected chi connectivity index (χ3v) is 1.67. The number of ether oxygens (including phenoxy) is 2. The lowest BCUT2D eigenvalue weighted by atomic mass is 10.3. The summed E-state index contributed by atoms with van der Waals surface area (Å²) in [4.78, 5) is 11.0. The van der Waals surface area contributed by atoms with Gasteiger partial charge in [0.05, 0.1) is 6.61 Å². The summed E-state index contributed by atoms with van der Waals surface area (Å²) < 4.78 is 45.3. The van der Waals surface area contributed by atoms with E-state index >= 15 is 0 Å². The molecule has 0 aliphatic carbocycles. The maximum Gasteiger partial charge on any atom is 0.411 e. The second-order valence-electron chi connectivity index (χ2n) is 2.87. The highest BCUT2D eigenvalue weighted by Crippen LogP contribution is 2.22. The van der Waals surface area contributed by atoms with Crippen LogP contribution in [0.25, 0.3) is 0 Å². The van der Waals surface area contributed by atoms with Gasteiger partial charge in [-0.15, -0.1) is 0 Å². The summed E-state index contributed by atoms with van der Waals surface area (Å²) in [6.45, 7) is -1.32. The van der Waals surface area contributed by atoms with E-state index in [0.717, 1.165) is 12.1 Å². The van der Waals surface area contributed by atoms with Crippen molar-refractivity contribution < 1.29 is 27.4 Å². The lowest BCUT2D eigenvalue weighted by Gasteiger charge is -2.08. The molecule has 0 aromatic heterocycles. The molecule has 0 saturated heterocycles. The fourth-order valence-electron chi connectivity index (χ4n) is 1.06. The van der Waals surface area contributed by atoms with E-state index in [9.17, 15) is 18.0 Å². The Morgan fingerprint density at radius 1 is 1.47 bits per heavy atom. The molecule has 7 heteroatoms.